The van der Waals surface area contributed by atoms with Gasteiger partial charge >= 0.3 is 0 Å². The molecule has 0 bridgehead atoms. The van der Waals surface area contributed by atoms with Crippen LogP contribution in [0.3, 0.4) is 0 Å². The van der Waals surface area contributed by atoms with Gasteiger partial charge in [0.15, 0.2) is 0 Å². The minimum Gasteiger partial charge on any atom is -0.457 e. The topological polar surface area (TPSA) is 9.23 Å². The van der Waals surface area contributed by atoms with E-state index in [0.717, 1.165) is 11.5 Å². The number of para-hydroxylation sites is 1. The van der Waals surface area contributed by atoms with E-state index in [-0.39, 0.29) is 10.8 Å². The van der Waals surface area contributed by atoms with E-state index in [1.807, 2.05) is 6.07 Å². The number of benzene rings is 4. The molecule has 0 N–H and O–H groups in total. The fourth-order valence-electron chi connectivity index (χ4n) is 5.54. The maximum Gasteiger partial charge on any atom is 0.132 e. The molecule has 0 fully saturated rings. The van der Waals surface area contributed by atoms with Crippen molar-refractivity contribution in [1.29, 1.82) is 0 Å². The molecule has 0 radical (unpaired) electrons. The maximum atomic E-state index is 6.36. The predicted molar refractivity (Wildman–Crippen MR) is 128 cm³/mol. The molecule has 4 aromatic rings. The Morgan fingerprint density at radius 3 is 1.84 bits per heavy atom. The summed E-state index contributed by atoms with van der Waals surface area (Å²) < 4.78 is 6.36. The van der Waals surface area contributed by atoms with Gasteiger partial charge < -0.3 is 4.74 Å². The molecular weight excluding hydrogens is 376 g/mol. The highest BCUT2D eigenvalue weighted by Gasteiger charge is 2.36. The summed E-state index contributed by atoms with van der Waals surface area (Å²) in [4.78, 5) is 0. The van der Waals surface area contributed by atoms with E-state index < -0.39 is 0 Å². The van der Waals surface area contributed by atoms with Gasteiger partial charge in [-0.25, -0.2) is 0 Å². The molecule has 2 aliphatic rings. The molecule has 4 aromatic carbocycles. The molecule has 6 rings (SSSR count). The highest BCUT2D eigenvalue weighted by molar-refractivity contribution is 5.84. The first kappa shape index (κ1) is 18.4. The van der Waals surface area contributed by atoms with E-state index in [0.29, 0.717) is 0 Å². The van der Waals surface area contributed by atoms with E-state index in [2.05, 4.69) is 107 Å². The van der Waals surface area contributed by atoms with Gasteiger partial charge in [-0.1, -0.05) is 94.4 Å². The third-order valence-electron chi connectivity index (χ3n) is 7.35. The number of ether oxygens (including phenoxy) is 1. The number of hydrogen-bond donors (Lipinski definition) is 0. The summed E-state index contributed by atoms with van der Waals surface area (Å²) in [7, 11) is 0. The Morgan fingerprint density at radius 2 is 1.03 bits per heavy atom. The van der Waals surface area contributed by atoms with E-state index in [1.165, 1.54) is 44.5 Å². The Morgan fingerprint density at radius 1 is 0.484 bits per heavy atom. The molecule has 0 saturated carbocycles. The number of rotatable bonds is 1. The van der Waals surface area contributed by atoms with Crippen molar-refractivity contribution in [3.05, 3.63) is 107 Å². The van der Waals surface area contributed by atoms with Crippen LogP contribution < -0.4 is 4.74 Å². The smallest absolute Gasteiger partial charge is 0.132 e. The molecule has 0 spiro atoms. The normalized spacial score (nSPS) is 16.5. The molecule has 31 heavy (non-hydrogen) atoms. The van der Waals surface area contributed by atoms with Crippen LogP contribution in [0, 0.1) is 0 Å². The SMILES string of the molecule is CC1(C)c2ccccc2Oc2cc(-c3ccc4c(c3)-c3ccccc3C4(C)C)ccc21. The summed E-state index contributed by atoms with van der Waals surface area (Å²) >= 11 is 0. The Kier molecular flexibility index (Phi) is 3.63. The molecule has 1 heterocycles. The lowest BCUT2D eigenvalue weighted by Crippen LogP contribution is -2.24. The molecule has 0 amide bonds. The zero-order valence-corrected chi connectivity index (χ0v) is 18.5. The first-order valence-electron chi connectivity index (χ1n) is 11.0. The van der Waals surface area contributed by atoms with E-state index >= 15 is 0 Å². The van der Waals surface area contributed by atoms with Crippen LogP contribution in [0.15, 0.2) is 84.9 Å². The largest absolute Gasteiger partial charge is 0.457 e. The second-order valence-electron chi connectivity index (χ2n) is 9.87. The third-order valence-corrected chi connectivity index (χ3v) is 7.35. The van der Waals surface area contributed by atoms with Gasteiger partial charge in [0.1, 0.15) is 11.5 Å². The first-order valence-corrected chi connectivity index (χ1v) is 11.0. The van der Waals surface area contributed by atoms with Gasteiger partial charge in [0.25, 0.3) is 0 Å². The summed E-state index contributed by atoms with van der Waals surface area (Å²) in [5.74, 6) is 1.92. The summed E-state index contributed by atoms with van der Waals surface area (Å²) in [6, 6.07) is 30.8. The molecule has 1 aliphatic carbocycles. The van der Waals surface area contributed by atoms with Gasteiger partial charge in [0, 0.05) is 22.0 Å². The fourth-order valence-corrected chi connectivity index (χ4v) is 5.54. The zero-order chi connectivity index (χ0) is 21.4. The second-order valence-corrected chi connectivity index (χ2v) is 9.87. The Labute approximate surface area is 184 Å². The molecule has 0 saturated heterocycles. The minimum atomic E-state index is -0.0798. The fraction of sp³-hybridized carbons (Fsp3) is 0.200. The van der Waals surface area contributed by atoms with Gasteiger partial charge in [-0.3, -0.25) is 0 Å². The lowest BCUT2D eigenvalue weighted by Gasteiger charge is -2.34. The van der Waals surface area contributed by atoms with Gasteiger partial charge in [0.2, 0.25) is 0 Å². The summed E-state index contributed by atoms with van der Waals surface area (Å²) in [5.41, 5.74) is 10.4. The van der Waals surface area contributed by atoms with Crippen LogP contribution in [0.1, 0.15) is 49.9 Å². The van der Waals surface area contributed by atoms with Crippen molar-refractivity contribution < 1.29 is 4.74 Å². The van der Waals surface area contributed by atoms with Crippen molar-refractivity contribution in [3.8, 4) is 33.8 Å². The van der Waals surface area contributed by atoms with E-state index in [1.54, 1.807) is 0 Å². The average Bonchev–Trinajstić information content (AvgIpc) is 3.00. The Bertz CT molecular complexity index is 1360. The highest BCUT2D eigenvalue weighted by Crippen LogP contribution is 2.51. The Hall–Kier alpha value is -3.32. The molecule has 152 valence electrons. The summed E-state index contributed by atoms with van der Waals surface area (Å²) in [6.07, 6.45) is 0. The van der Waals surface area contributed by atoms with Crippen molar-refractivity contribution in [3.63, 3.8) is 0 Å². The predicted octanol–water partition coefficient (Wildman–Crippen LogP) is 8.09. The first-order chi connectivity index (χ1) is 14.9. The van der Waals surface area contributed by atoms with Crippen molar-refractivity contribution >= 4 is 0 Å². The molecule has 1 aliphatic heterocycles. The average molecular weight is 403 g/mol. The van der Waals surface area contributed by atoms with Gasteiger partial charge in [0.05, 0.1) is 0 Å². The van der Waals surface area contributed by atoms with Crippen LogP contribution in [0.4, 0.5) is 0 Å². The van der Waals surface area contributed by atoms with Gasteiger partial charge in [-0.2, -0.15) is 0 Å². The standard InChI is InChI=1S/C30H26O/c1-29(2)23-10-6-5-9-21(23)22-17-19(13-15-24(22)29)20-14-16-26-28(18-20)31-27-12-8-7-11-25(27)30(26,3)4/h5-18H,1-4H3. The molecular formula is C30H26O. The van der Waals surface area contributed by atoms with E-state index in [9.17, 15) is 0 Å². The summed E-state index contributed by atoms with van der Waals surface area (Å²) in [6.45, 7) is 9.20. The lowest BCUT2D eigenvalue weighted by molar-refractivity contribution is 0.418. The quantitative estimate of drug-likeness (QED) is 0.312. The third kappa shape index (κ3) is 2.50. The van der Waals surface area contributed by atoms with Crippen LogP contribution in [0.5, 0.6) is 11.5 Å². The monoisotopic (exact) mass is 402 g/mol. The highest BCUT2D eigenvalue weighted by atomic mass is 16.5. The van der Waals surface area contributed by atoms with Crippen molar-refractivity contribution in [2.75, 3.05) is 0 Å². The molecule has 0 aromatic heterocycles. The Balaban J connectivity index is 1.48. The maximum absolute atomic E-state index is 6.36. The number of fused-ring (bicyclic) bond motifs is 5. The number of hydrogen-bond acceptors (Lipinski definition) is 1. The van der Waals surface area contributed by atoms with Crippen LogP contribution in [0.2, 0.25) is 0 Å². The molecule has 0 atom stereocenters. The van der Waals surface area contributed by atoms with Crippen LogP contribution in [0.25, 0.3) is 22.3 Å². The van der Waals surface area contributed by atoms with E-state index in [4.69, 9.17) is 4.74 Å². The van der Waals surface area contributed by atoms with Gasteiger partial charge in [-0.05, 0) is 51.6 Å². The molecule has 1 heteroatoms. The molecule has 0 unspecified atom stereocenters. The van der Waals surface area contributed by atoms with Crippen molar-refractivity contribution in [1.82, 2.24) is 0 Å². The van der Waals surface area contributed by atoms with Crippen LogP contribution >= 0.6 is 0 Å². The minimum absolute atomic E-state index is 0.0388. The molecule has 1 nitrogen and oxygen atoms in total. The van der Waals surface area contributed by atoms with Crippen LogP contribution in [-0.4, -0.2) is 0 Å². The second kappa shape index (κ2) is 6.11. The lowest BCUT2D eigenvalue weighted by atomic mass is 9.75. The van der Waals surface area contributed by atoms with Crippen molar-refractivity contribution in [2.24, 2.45) is 0 Å². The van der Waals surface area contributed by atoms with Crippen LogP contribution in [-0.2, 0) is 10.8 Å². The van der Waals surface area contributed by atoms with Gasteiger partial charge in [-0.15, -0.1) is 0 Å². The van der Waals surface area contributed by atoms with Crippen molar-refractivity contribution in [2.45, 2.75) is 38.5 Å². The summed E-state index contributed by atoms with van der Waals surface area (Å²) in [5, 5.41) is 0. The zero-order valence-electron chi connectivity index (χ0n) is 18.5.